The Hall–Kier alpha value is -1.93. The van der Waals surface area contributed by atoms with E-state index in [1.165, 1.54) is 66.7 Å². The summed E-state index contributed by atoms with van der Waals surface area (Å²) in [4.78, 5) is 22.2. The summed E-state index contributed by atoms with van der Waals surface area (Å²) in [5, 5.41) is 13.0. The summed E-state index contributed by atoms with van der Waals surface area (Å²) in [7, 11) is 0. The van der Waals surface area contributed by atoms with Crippen LogP contribution in [0.5, 0.6) is 0 Å². The van der Waals surface area contributed by atoms with Crippen molar-refractivity contribution in [2.75, 3.05) is 0 Å². The van der Waals surface area contributed by atoms with E-state index >= 15 is 0 Å². The fourth-order valence-corrected chi connectivity index (χ4v) is 11.1. The fourth-order valence-electron chi connectivity index (χ4n) is 4.14. The normalized spacial score (nSPS) is 10.5. The molecule has 0 aliphatic heterocycles. The third-order valence-corrected chi connectivity index (χ3v) is 14.9. The van der Waals surface area contributed by atoms with Crippen molar-refractivity contribution in [3.8, 4) is 0 Å². The van der Waals surface area contributed by atoms with Gasteiger partial charge in [-0.15, -0.1) is 66.9 Å². The summed E-state index contributed by atoms with van der Waals surface area (Å²) >= 11 is 12.5. The van der Waals surface area contributed by atoms with Gasteiger partial charge in [-0.25, -0.2) is 15.0 Å². The highest BCUT2D eigenvalue weighted by Gasteiger charge is 2.11. The number of hydrogen-bond acceptors (Lipinski definition) is 12. The van der Waals surface area contributed by atoms with Crippen LogP contribution in [0.3, 0.4) is 0 Å². The Morgan fingerprint density at radius 1 is 0.304 bits per heavy atom. The van der Waals surface area contributed by atoms with Crippen molar-refractivity contribution >= 4 is 98.4 Å². The lowest BCUT2D eigenvalue weighted by Gasteiger charge is -1.88. The number of rotatable bonds is 0. The van der Waals surface area contributed by atoms with Crippen molar-refractivity contribution in [1.29, 1.82) is 0 Å². The summed E-state index contributed by atoms with van der Waals surface area (Å²) in [5.41, 5.74) is 7.08. The molecule has 46 heavy (non-hydrogen) atoms. The molecule has 12 heteroatoms. The minimum atomic E-state index is 1.04. The predicted molar refractivity (Wildman–Crippen MR) is 212 cm³/mol. The minimum Gasteiger partial charge on any atom is -0.247 e. The van der Waals surface area contributed by atoms with Gasteiger partial charge in [-0.2, -0.15) is 0 Å². The molecule has 0 atom stereocenters. The van der Waals surface area contributed by atoms with Crippen LogP contribution in [0, 0.1) is 104 Å². The first-order chi connectivity index (χ1) is 21.5. The Kier molecular flexibility index (Phi) is 14.2. The van der Waals surface area contributed by atoms with Gasteiger partial charge in [0.1, 0.15) is 10.0 Å². The van der Waals surface area contributed by atoms with Gasteiger partial charge < -0.3 is 0 Å². The fraction of sp³-hybridized carbons (Fsp3) is 0.441. The van der Waals surface area contributed by atoms with E-state index in [-0.39, 0.29) is 0 Å². The molecule has 0 saturated heterocycles. The topological polar surface area (TPSA) is 64.5 Å². The van der Waals surface area contributed by atoms with E-state index in [1.54, 1.807) is 45.3 Å². The van der Waals surface area contributed by atoms with E-state index < -0.39 is 0 Å². The van der Waals surface area contributed by atoms with Crippen LogP contribution in [0.2, 0.25) is 0 Å². The van der Waals surface area contributed by atoms with E-state index in [9.17, 15) is 0 Å². The van der Waals surface area contributed by atoms with Crippen molar-refractivity contribution in [2.24, 2.45) is 0 Å². The number of aryl methyl sites for hydroxylation is 13. The molecule has 0 aliphatic carbocycles. The molecule has 7 aromatic rings. The van der Waals surface area contributed by atoms with Gasteiger partial charge in [0, 0.05) is 33.8 Å². The summed E-state index contributed by atoms with van der Waals surface area (Å²) in [6.45, 7) is 31.7. The standard InChI is InChI=1S/C10H12S2.C8H12S.C6H6N2S2.C6H9NS.C4H6N2S/c1-5-7(3)11-10-6(2)8(4)12-9(5)10;1-5-6(2)8(4)9-7(5)3;1-3-7-5-6(9-3)8-4(2)10-5;1-4-5(2)8-6(3)7-4;1-3-5-6-4(2)7-3/h1-4H3;1-4H3;1-2H3;1-3H3;1-2H3. The van der Waals surface area contributed by atoms with Crippen molar-refractivity contribution in [1.82, 2.24) is 25.1 Å². The number of fused-ring (bicyclic) bond motifs is 2. The number of thiophene rings is 3. The van der Waals surface area contributed by atoms with Crippen LogP contribution < -0.4 is 0 Å². The zero-order chi connectivity index (χ0) is 34.5. The summed E-state index contributed by atoms with van der Waals surface area (Å²) in [6, 6.07) is 0. The van der Waals surface area contributed by atoms with Crippen LogP contribution in [0.1, 0.15) is 77.4 Å². The van der Waals surface area contributed by atoms with E-state index in [0.717, 1.165) is 29.7 Å². The zero-order valence-electron chi connectivity index (χ0n) is 29.6. The maximum atomic E-state index is 4.31. The Labute approximate surface area is 302 Å². The highest BCUT2D eigenvalue weighted by Crippen LogP contribution is 2.39. The average molecular weight is 748 g/mol. The lowest BCUT2D eigenvalue weighted by molar-refractivity contribution is 1.02. The average Bonchev–Trinajstić information content (AvgIpc) is 3.82. The summed E-state index contributed by atoms with van der Waals surface area (Å²) < 4.78 is 3.01. The molecular weight excluding hydrogens is 703 g/mol. The molecule has 0 N–H and O–H groups in total. The largest absolute Gasteiger partial charge is 0.247 e. The zero-order valence-corrected chi connectivity index (χ0v) is 35.3. The van der Waals surface area contributed by atoms with E-state index in [0.29, 0.717) is 0 Å². The summed E-state index contributed by atoms with van der Waals surface area (Å²) in [6.07, 6.45) is 0. The van der Waals surface area contributed by atoms with Crippen LogP contribution in [-0.4, -0.2) is 25.1 Å². The molecule has 0 aliphatic rings. The molecule has 0 amide bonds. The second kappa shape index (κ2) is 16.9. The second-order valence-electron chi connectivity index (χ2n) is 11.0. The number of nitrogens with zero attached hydrogens (tertiary/aromatic N) is 5. The molecule has 0 radical (unpaired) electrons. The van der Waals surface area contributed by atoms with Gasteiger partial charge in [-0.05, 0) is 126 Å². The van der Waals surface area contributed by atoms with Crippen molar-refractivity contribution in [3.05, 3.63) is 77.4 Å². The Balaban J connectivity index is 0.000000159. The Morgan fingerprint density at radius 3 is 0.913 bits per heavy atom. The third-order valence-electron chi connectivity index (χ3n) is 7.33. The molecule has 5 nitrogen and oxygen atoms in total. The van der Waals surface area contributed by atoms with Crippen LogP contribution in [-0.2, 0) is 0 Å². The van der Waals surface area contributed by atoms with Crippen molar-refractivity contribution < 1.29 is 0 Å². The maximum Gasteiger partial charge on any atom is 0.155 e. The second-order valence-corrected chi connectivity index (χ2v) is 20.0. The smallest absolute Gasteiger partial charge is 0.155 e. The molecule has 248 valence electrons. The molecule has 7 heterocycles. The van der Waals surface area contributed by atoms with Crippen molar-refractivity contribution in [3.63, 3.8) is 0 Å². The van der Waals surface area contributed by atoms with Gasteiger partial charge >= 0.3 is 0 Å². The van der Waals surface area contributed by atoms with E-state index in [1.807, 2.05) is 75.6 Å². The van der Waals surface area contributed by atoms with Crippen LogP contribution in [0.15, 0.2) is 0 Å². The molecule has 0 spiro atoms. The number of hydrogen-bond donors (Lipinski definition) is 0. The third kappa shape index (κ3) is 10.3. The lowest BCUT2D eigenvalue weighted by Crippen LogP contribution is -1.73. The number of thiazole rings is 3. The minimum absolute atomic E-state index is 1.04. The van der Waals surface area contributed by atoms with Gasteiger partial charge in [0.05, 0.1) is 20.7 Å². The van der Waals surface area contributed by atoms with Gasteiger partial charge in [0.2, 0.25) is 0 Å². The van der Waals surface area contributed by atoms with Gasteiger partial charge in [0.25, 0.3) is 0 Å². The quantitative estimate of drug-likeness (QED) is 0.155. The SMILES string of the molecule is Cc1nc(C)c(C)s1.Cc1nc2sc(C)nc2s1.Cc1nnc(C)s1.Cc1sc(C)c(C)c1C.Cc1sc2c(C)c(C)sc2c1C. The molecule has 7 rings (SSSR count). The molecule has 0 fully saturated rings. The summed E-state index contributed by atoms with van der Waals surface area (Å²) in [5.74, 6) is 0. The van der Waals surface area contributed by atoms with Crippen LogP contribution >= 0.6 is 79.4 Å². The van der Waals surface area contributed by atoms with E-state index in [4.69, 9.17) is 0 Å². The van der Waals surface area contributed by atoms with Crippen molar-refractivity contribution in [2.45, 2.75) is 104 Å². The highest BCUT2D eigenvalue weighted by molar-refractivity contribution is 7.28. The maximum absolute atomic E-state index is 4.31. The Morgan fingerprint density at radius 2 is 0.674 bits per heavy atom. The molecule has 0 saturated carbocycles. The van der Waals surface area contributed by atoms with E-state index in [2.05, 4.69) is 87.5 Å². The first-order valence-electron chi connectivity index (χ1n) is 14.8. The molecule has 7 aromatic heterocycles. The van der Waals surface area contributed by atoms with Gasteiger partial charge in [0.15, 0.2) is 9.66 Å². The lowest BCUT2D eigenvalue weighted by atomic mass is 10.2. The Bertz CT molecular complexity index is 1860. The monoisotopic (exact) mass is 747 g/mol. The molecule has 0 unspecified atom stereocenters. The van der Waals surface area contributed by atoms with Gasteiger partial charge in [-0.3, -0.25) is 0 Å². The highest BCUT2D eigenvalue weighted by atomic mass is 32.1. The molecule has 0 bridgehead atoms. The molecular formula is C34H45N5S7. The first kappa shape index (κ1) is 38.5. The first-order valence-corrected chi connectivity index (χ1v) is 20.6. The van der Waals surface area contributed by atoms with Crippen LogP contribution in [0.4, 0.5) is 0 Å². The number of aromatic nitrogens is 5. The molecule has 0 aromatic carbocycles. The van der Waals surface area contributed by atoms with Gasteiger partial charge in [-0.1, -0.05) is 22.7 Å². The van der Waals surface area contributed by atoms with Crippen LogP contribution in [0.25, 0.3) is 19.1 Å². The predicted octanol–water partition coefficient (Wildman–Crippen LogP) is 12.8.